The number of benzene rings is 1. The molecule has 0 fully saturated rings. The Morgan fingerprint density at radius 3 is 2.73 bits per heavy atom. The maximum Gasteiger partial charge on any atom is 0.255 e. The molecule has 2 rings (SSSR count). The van der Waals surface area contributed by atoms with Gasteiger partial charge in [0, 0.05) is 18.0 Å². The number of fused-ring (bicyclic) bond motifs is 1. The molecule has 2 nitrogen and oxygen atoms in total. The van der Waals surface area contributed by atoms with Gasteiger partial charge in [-0.05, 0) is 25.1 Å². The molecular weight excluding hydrogens is 217 g/mol. The van der Waals surface area contributed by atoms with Crippen LogP contribution in [-0.2, 0) is 7.05 Å². The molecule has 0 amide bonds. The van der Waals surface area contributed by atoms with Gasteiger partial charge in [0.15, 0.2) is 0 Å². The highest BCUT2D eigenvalue weighted by Crippen LogP contribution is 2.24. The van der Waals surface area contributed by atoms with E-state index >= 15 is 0 Å². The lowest BCUT2D eigenvalue weighted by Gasteiger charge is -2.08. The first-order valence-corrected chi connectivity index (χ1v) is 4.84. The maximum atomic E-state index is 13.0. The Morgan fingerprint density at radius 2 is 2.07 bits per heavy atom. The van der Waals surface area contributed by atoms with Crippen LogP contribution in [0.3, 0.4) is 0 Å². The number of pyridine rings is 1. The molecule has 1 heterocycles. The number of aromatic nitrogens is 1. The summed E-state index contributed by atoms with van der Waals surface area (Å²) in [4.78, 5) is 11.7. The van der Waals surface area contributed by atoms with E-state index in [1.807, 2.05) is 0 Å². The fourth-order valence-corrected chi connectivity index (χ4v) is 1.87. The van der Waals surface area contributed by atoms with Crippen molar-refractivity contribution in [3.63, 3.8) is 0 Å². The van der Waals surface area contributed by atoms with Crippen LogP contribution in [0.15, 0.2) is 23.0 Å². The Balaban J connectivity index is 3.07. The Morgan fingerprint density at radius 1 is 1.40 bits per heavy atom. The van der Waals surface area contributed by atoms with E-state index in [1.54, 1.807) is 20.0 Å². The van der Waals surface area contributed by atoms with E-state index in [9.17, 15) is 9.18 Å². The van der Waals surface area contributed by atoms with Gasteiger partial charge in [0.05, 0.1) is 10.5 Å². The average Bonchev–Trinajstić information content (AvgIpc) is 2.23. The summed E-state index contributed by atoms with van der Waals surface area (Å²) >= 11 is 6.00. The van der Waals surface area contributed by atoms with E-state index in [4.69, 9.17) is 11.6 Å². The highest BCUT2D eigenvalue weighted by atomic mass is 35.5. The van der Waals surface area contributed by atoms with Gasteiger partial charge < -0.3 is 4.57 Å². The number of nitrogens with zero attached hydrogens (tertiary/aromatic N) is 1. The van der Waals surface area contributed by atoms with E-state index in [0.29, 0.717) is 21.5 Å². The monoisotopic (exact) mass is 225 g/mol. The summed E-state index contributed by atoms with van der Waals surface area (Å²) < 4.78 is 14.5. The van der Waals surface area contributed by atoms with Crippen molar-refractivity contribution >= 4 is 22.5 Å². The van der Waals surface area contributed by atoms with Crippen molar-refractivity contribution in [2.24, 2.45) is 7.05 Å². The standard InChI is InChI=1S/C11H9ClFNO/c1-6-10(12)8-5-7(13)3-4-9(8)14(2)11(6)15/h3-5H,1-2H3. The summed E-state index contributed by atoms with van der Waals surface area (Å²) in [7, 11) is 1.64. The van der Waals surface area contributed by atoms with Crippen LogP contribution < -0.4 is 5.56 Å². The Labute approximate surface area is 90.9 Å². The molecule has 0 aliphatic heterocycles. The predicted molar refractivity (Wildman–Crippen MR) is 58.9 cm³/mol. The van der Waals surface area contributed by atoms with Gasteiger partial charge in [-0.2, -0.15) is 0 Å². The first-order chi connectivity index (χ1) is 7.02. The first-order valence-electron chi connectivity index (χ1n) is 4.46. The van der Waals surface area contributed by atoms with Crippen molar-refractivity contribution in [2.75, 3.05) is 0 Å². The summed E-state index contributed by atoms with van der Waals surface area (Å²) in [5, 5.41) is 0.892. The highest BCUT2D eigenvalue weighted by molar-refractivity contribution is 6.36. The lowest BCUT2D eigenvalue weighted by molar-refractivity contribution is 0.629. The minimum absolute atomic E-state index is 0.154. The lowest BCUT2D eigenvalue weighted by atomic mass is 10.1. The van der Waals surface area contributed by atoms with Gasteiger partial charge >= 0.3 is 0 Å². The van der Waals surface area contributed by atoms with Crippen molar-refractivity contribution in [1.82, 2.24) is 4.57 Å². The molecule has 0 spiro atoms. The van der Waals surface area contributed by atoms with Crippen LogP contribution in [0.4, 0.5) is 4.39 Å². The zero-order chi connectivity index (χ0) is 11.2. The van der Waals surface area contributed by atoms with Crippen LogP contribution in [0, 0.1) is 12.7 Å². The quantitative estimate of drug-likeness (QED) is 0.676. The van der Waals surface area contributed by atoms with E-state index in [0.717, 1.165) is 0 Å². The smallest absolute Gasteiger partial charge is 0.255 e. The normalized spacial score (nSPS) is 10.9. The summed E-state index contributed by atoms with van der Waals surface area (Å²) in [6.45, 7) is 1.63. The molecule has 0 N–H and O–H groups in total. The van der Waals surface area contributed by atoms with Gasteiger partial charge in [0.25, 0.3) is 5.56 Å². The average molecular weight is 226 g/mol. The first kappa shape index (κ1) is 10.2. The van der Waals surface area contributed by atoms with Crippen LogP contribution in [0.2, 0.25) is 5.02 Å². The fraction of sp³-hybridized carbons (Fsp3) is 0.182. The van der Waals surface area contributed by atoms with Crippen molar-refractivity contribution < 1.29 is 4.39 Å². The molecule has 2 aromatic rings. The molecule has 4 heteroatoms. The van der Waals surface area contributed by atoms with Crippen molar-refractivity contribution in [2.45, 2.75) is 6.92 Å². The molecular formula is C11H9ClFNO. The Bertz CT molecular complexity index is 604. The highest BCUT2D eigenvalue weighted by Gasteiger charge is 2.10. The SMILES string of the molecule is Cc1c(Cl)c2cc(F)ccc2n(C)c1=O. The van der Waals surface area contributed by atoms with Crippen LogP contribution in [-0.4, -0.2) is 4.57 Å². The van der Waals surface area contributed by atoms with E-state index in [1.165, 1.54) is 16.7 Å². The molecule has 0 radical (unpaired) electrons. The second kappa shape index (κ2) is 3.35. The van der Waals surface area contributed by atoms with Crippen molar-refractivity contribution in [3.05, 3.63) is 45.0 Å². The largest absolute Gasteiger partial charge is 0.311 e. The topological polar surface area (TPSA) is 22.0 Å². The fourth-order valence-electron chi connectivity index (χ4n) is 1.63. The van der Waals surface area contributed by atoms with Crippen LogP contribution in [0.5, 0.6) is 0 Å². The molecule has 0 saturated carbocycles. The number of halogens is 2. The zero-order valence-electron chi connectivity index (χ0n) is 8.34. The number of rotatable bonds is 0. The third kappa shape index (κ3) is 1.43. The minimum atomic E-state index is -0.359. The van der Waals surface area contributed by atoms with Crippen LogP contribution >= 0.6 is 11.6 Å². The van der Waals surface area contributed by atoms with Crippen molar-refractivity contribution in [1.29, 1.82) is 0 Å². The molecule has 0 bridgehead atoms. The van der Waals surface area contributed by atoms with Crippen LogP contribution in [0.1, 0.15) is 5.56 Å². The van der Waals surface area contributed by atoms with Crippen LogP contribution in [0.25, 0.3) is 10.9 Å². The third-order valence-corrected chi connectivity index (χ3v) is 3.00. The van der Waals surface area contributed by atoms with Gasteiger partial charge in [-0.25, -0.2) is 4.39 Å². The number of hydrogen-bond acceptors (Lipinski definition) is 1. The molecule has 15 heavy (non-hydrogen) atoms. The molecule has 0 atom stereocenters. The zero-order valence-corrected chi connectivity index (χ0v) is 9.10. The van der Waals surface area contributed by atoms with E-state index < -0.39 is 0 Å². The lowest BCUT2D eigenvalue weighted by Crippen LogP contribution is -2.19. The maximum absolute atomic E-state index is 13.0. The summed E-state index contributed by atoms with van der Waals surface area (Å²) in [5.41, 5.74) is 0.924. The van der Waals surface area contributed by atoms with Crippen molar-refractivity contribution in [3.8, 4) is 0 Å². The van der Waals surface area contributed by atoms with Gasteiger partial charge in [-0.15, -0.1) is 0 Å². The van der Waals surface area contributed by atoms with Gasteiger partial charge in [0.1, 0.15) is 5.82 Å². The predicted octanol–water partition coefficient (Wildman–Crippen LogP) is 2.64. The molecule has 0 saturated heterocycles. The van der Waals surface area contributed by atoms with Gasteiger partial charge in [-0.3, -0.25) is 4.79 Å². The Kier molecular flexibility index (Phi) is 2.27. The molecule has 0 unspecified atom stereocenters. The summed E-state index contributed by atoms with van der Waals surface area (Å²) in [6, 6.07) is 4.20. The van der Waals surface area contributed by atoms with Gasteiger partial charge in [-0.1, -0.05) is 11.6 Å². The summed E-state index contributed by atoms with van der Waals surface area (Å²) in [5.74, 6) is -0.359. The third-order valence-electron chi connectivity index (χ3n) is 2.51. The molecule has 78 valence electrons. The van der Waals surface area contributed by atoms with Gasteiger partial charge in [0.2, 0.25) is 0 Å². The second-order valence-corrected chi connectivity index (χ2v) is 3.84. The second-order valence-electron chi connectivity index (χ2n) is 3.46. The number of aryl methyl sites for hydroxylation is 1. The molecule has 0 aliphatic carbocycles. The van der Waals surface area contributed by atoms with E-state index in [2.05, 4.69) is 0 Å². The minimum Gasteiger partial charge on any atom is -0.311 e. The number of hydrogen-bond donors (Lipinski definition) is 0. The molecule has 1 aromatic heterocycles. The molecule has 0 aliphatic rings. The Hall–Kier alpha value is -1.35. The van der Waals surface area contributed by atoms with E-state index in [-0.39, 0.29) is 11.4 Å². The summed E-state index contributed by atoms with van der Waals surface area (Å²) in [6.07, 6.45) is 0. The molecule has 1 aromatic carbocycles.